The van der Waals surface area contributed by atoms with Crippen LogP contribution in [-0.4, -0.2) is 20.7 Å². The van der Waals surface area contributed by atoms with Gasteiger partial charge in [-0.3, -0.25) is 35.1 Å². The fraction of sp³-hybridized carbons (Fsp3) is 0. The monoisotopic (exact) mass is 400 g/mol. The lowest BCUT2D eigenvalue weighted by Gasteiger charge is -2.06. The summed E-state index contributed by atoms with van der Waals surface area (Å²) in [4.78, 5) is 54.8. The maximum atomic E-state index is 12.4. The molecule has 0 bridgehead atoms. The zero-order chi connectivity index (χ0) is 21.3. The number of nitro groups is 3. The third-order valence-corrected chi connectivity index (χ3v) is 3.81. The number of carbonyl (C=O) groups is 1. The Morgan fingerprint density at radius 1 is 0.862 bits per heavy atom. The third kappa shape index (κ3) is 3.73. The van der Waals surface area contributed by atoms with Crippen LogP contribution in [0.15, 0.2) is 51.7 Å². The van der Waals surface area contributed by atoms with Gasteiger partial charge in [0.1, 0.15) is 16.8 Å². The smallest absolute Gasteiger partial charge is 0.349 e. The summed E-state index contributed by atoms with van der Waals surface area (Å²) in [5.74, 6) is -1.09. The first-order valence-electron chi connectivity index (χ1n) is 7.64. The van der Waals surface area contributed by atoms with Crippen LogP contribution in [0.2, 0.25) is 0 Å². The molecule has 3 aromatic rings. The Morgan fingerprint density at radius 2 is 1.48 bits per heavy atom. The summed E-state index contributed by atoms with van der Waals surface area (Å²) in [6.45, 7) is 0. The minimum atomic E-state index is -1.09. The van der Waals surface area contributed by atoms with Gasteiger partial charge in [-0.25, -0.2) is 4.79 Å². The average Bonchev–Trinajstić information content (AvgIpc) is 2.66. The second-order valence-electron chi connectivity index (χ2n) is 5.60. The molecule has 0 aliphatic heterocycles. The molecule has 29 heavy (non-hydrogen) atoms. The van der Waals surface area contributed by atoms with E-state index in [1.165, 1.54) is 6.07 Å². The number of rotatable bonds is 5. The molecule has 13 heteroatoms. The van der Waals surface area contributed by atoms with Crippen LogP contribution in [0.5, 0.6) is 0 Å². The number of amides is 1. The fourth-order valence-electron chi connectivity index (χ4n) is 2.46. The summed E-state index contributed by atoms with van der Waals surface area (Å²) in [5, 5.41) is 35.0. The molecule has 0 atom stereocenters. The number of anilines is 1. The van der Waals surface area contributed by atoms with E-state index in [4.69, 9.17) is 4.42 Å². The quantitative estimate of drug-likeness (QED) is 0.381. The van der Waals surface area contributed by atoms with Crippen LogP contribution in [0.4, 0.5) is 22.7 Å². The van der Waals surface area contributed by atoms with Crippen LogP contribution in [0.1, 0.15) is 10.4 Å². The number of nitro benzene ring substituents is 3. The number of non-ortho nitro benzene ring substituents is 2. The molecule has 1 aromatic heterocycles. The molecule has 1 heterocycles. The molecule has 0 fully saturated rings. The van der Waals surface area contributed by atoms with Gasteiger partial charge in [0.15, 0.2) is 0 Å². The van der Waals surface area contributed by atoms with Crippen molar-refractivity contribution in [3.63, 3.8) is 0 Å². The van der Waals surface area contributed by atoms with E-state index in [1.54, 1.807) is 0 Å². The molecule has 0 aliphatic rings. The highest BCUT2D eigenvalue weighted by Gasteiger charge is 2.23. The zero-order valence-electron chi connectivity index (χ0n) is 14.1. The summed E-state index contributed by atoms with van der Waals surface area (Å²) in [5.41, 5.74) is -3.65. The SMILES string of the molecule is O=C(Nc1ccc([N+](=O)[O-])cc1[N+](=O)[O-])c1cc2cc([N+](=O)[O-])ccc2oc1=O. The van der Waals surface area contributed by atoms with Crippen molar-refractivity contribution in [2.24, 2.45) is 0 Å². The summed E-state index contributed by atoms with van der Waals surface area (Å²) >= 11 is 0. The van der Waals surface area contributed by atoms with Crippen LogP contribution in [0, 0.1) is 30.3 Å². The highest BCUT2D eigenvalue weighted by atomic mass is 16.6. The van der Waals surface area contributed by atoms with Crippen LogP contribution in [0.3, 0.4) is 0 Å². The lowest BCUT2D eigenvalue weighted by Crippen LogP contribution is -2.21. The van der Waals surface area contributed by atoms with Gasteiger partial charge in [0.25, 0.3) is 23.0 Å². The summed E-state index contributed by atoms with van der Waals surface area (Å²) in [7, 11) is 0. The number of nitrogens with zero attached hydrogens (tertiary/aromatic N) is 3. The maximum absolute atomic E-state index is 12.4. The highest BCUT2D eigenvalue weighted by Crippen LogP contribution is 2.29. The molecule has 1 N–H and O–H groups in total. The van der Waals surface area contributed by atoms with E-state index < -0.39 is 43.2 Å². The van der Waals surface area contributed by atoms with Gasteiger partial charge in [-0.1, -0.05) is 0 Å². The van der Waals surface area contributed by atoms with Gasteiger partial charge < -0.3 is 9.73 Å². The first-order valence-corrected chi connectivity index (χ1v) is 7.64. The van der Waals surface area contributed by atoms with Gasteiger partial charge >= 0.3 is 5.63 Å². The predicted octanol–water partition coefficient (Wildman–Crippen LogP) is 2.77. The number of carbonyl (C=O) groups excluding carboxylic acids is 1. The van der Waals surface area contributed by atoms with Crippen LogP contribution in [-0.2, 0) is 0 Å². The van der Waals surface area contributed by atoms with E-state index in [0.717, 1.165) is 30.3 Å². The van der Waals surface area contributed by atoms with E-state index in [9.17, 15) is 39.9 Å². The fourth-order valence-corrected chi connectivity index (χ4v) is 2.46. The zero-order valence-corrected chi connectivity index (χ0v) is 14.1. The van der Waals surface area contributed by atoms with Gasteiger partial charge in [-0.05, 0) is 18.2 Å². The lowest BCUT2D eigenvalue weighted by atomic mass is 10.1. The molecule has 13 nitrogen and oxygen atoms in total. The van der Waals surface area contributed by atoms with Gasteiger partial charge in [-0.15, -0.1) is 0 Å². The number of benzene rings is 2. The van der Waals surface area contributed by atoms with Crippen LogP contribution >= 0.6 is 0 Å². The van der Waals surface area contributed by atoms with Gasteiger partial charge in [0, 0.05) is 23.6 Å². The Labute approximate surface area is 158 Å². The second kappa shape index (κ2) is 7.15. The minimum absolute atomic E-state index is 0.00142. The van der Waals surface area contributed by atoms with Gasteiger partial charge in [-0.2, -0.15) is 0 Å². The predicted molar refractivity (Wildman–Crippen MR) is 96.8 cm³/mol. The molecule has 1 amide bonds. The van der Waals surface area contributed by atoms with Crippen molar-refractivity contribution in [1.29, 1.82) is 0 Å². The largest absolute Gasteiger partial charge is 0.422 e. The van der Waals surface area contributed by atoms with Gasteiger partial charge in [0.2, 0.25) is 0 Å². The molecule has 0 saturated heterocycles. The van der Waals surface area contributed by atoms with E-state index in [0.29, 0.717) is 6.07 Å². The van der Waals surface area contributed by atoms with Crippen molar-refractivity contribution >= 4 is 39.6 Å². The first kappa shape index (κ1) is 19.1. The molecule has 0 saturated carbocycles. The normalized spacial score (nSPS) is 10.5. The van der Waals surface area contributed by atoms with Crippen molar-refractivity contribution in [3.8, 4) is 0 Å². The Bertz CT molecular complexity index is 1260. The Morgan fingerprint density at radius 3 is 2.10 bits per heavy atom. The molecule has 0 radical (unpaired) electrons. The first-order chi connectivity index (χ1) is 13.7. The minimum Gasteiger partial charge on any atom is -0.422 e. The van der Waals surface area contributed by atoms with Crippen molar-refractivity contribution < 1.29 is 24.0 Å². The Kier molecular flexibility index (Phi) is 4.70. The van der Waals surface area contributed by atoms with E-state index in [2.05, 4.69) is 5.32 Å². The molecule has 2 aromatic carbocycles. The summed E-state index contributed by atoms with van der Waals surface area (Å²) in [6.07, 6.45) is 0. The molecular formula is C16H8N4O9. The molecule has 3 rings (SSSR count). The lowest BCUT2D eigenvalue weighted by molar-refractivity contribution is -0.393. The summed E-state index contributed by atoms with van der Waals surface area (Å²) in [6, 6.07) is 6.98. The van der Waals surface area contributed by atoms with Crippen molar-refractivity contribution in [2.45, 2.75) is 0 Å². The molecule has 0 unspecified atom stereocenters. The van der Waals surface area contributed by atoms with Crippen molar-refractivity contribution in [1.82, 2.24) is 0 Å². The number of hydrogen-bond acceptors (Lipinski definition) is 9. The molecular weight excluding hydrogens is 392 g/mol. The Hall–Kier alpha value is -4.68. The number of nitrogens with one attached hydrogen (secondary N) is 1. The highest BCUT2D eigenvalue weighted by molar-refractivity contribution is 6.06. The van der Waals surface area contributed by atoms with Crippen molar-refractivity contribution in [2.75, 3.05) is 5.32 Å². The van der Waals surface area contributed by atoms with Crippen LogP contribution < -0.4 is 10.9 Å². The third-order valence-electron chi connectivity index (χ3n) is 3.81. The van der Waals surface area contributed by atoms with E-state index in [-0.39, 0.29) is 22.3 Å². The summed E-state index contributed by atoms with van der Waals surface area (Å²) < 4.78 is 4.95. The topological polar surface area (TPSA) is 189 Å². The van der Waals surface area contributed by atoms with Gasteiger partial charge in [0.05, 0.1) is 20.8 Å². The number of fused-ring (bicyclic) bond motifs is 1. The molecule has 0 aliphatic carbocycles. The molecule has 146 valence electrons. The van der Waals surface area contributed by atoms with Crippen molar-refractivity contribution in [3.05, 3.63) is 88.8 Å². The van der Waals surface area contributed by atoms with E-state index in [1.807, 2.05) is 0 Å². The standard InChI is InChI=1S/C16H8N4O9/c21-15(17-12-3-1-10(19(25)26)7-13(12)20(27)28)11-6-8-5-9(18(23)24)2-4-14(8)29-16(11)22/h1-7H,(H,17,21). The average molecular weight is 400 g/mol. The molecule has 0 spiro atoms. The van der Waals surface area contributed by atoms with E-state index >= 15 is 0 Å². The Balaban J connectivity index is 2.03. The second-order valence-corrected chi connectivity index (χ2v) is 5.60. The maximum Gasteiger partial charge on any atom is 0.349 e. The van der Waals surface area contributed by atoms with Crippen LogP contribution in [0.25, 0.3) is 11.0 Å². The number of hydrogen-bond donors (Lipinski definition) is 1.